The molecule has 0 radical (unpaired) electrons. The Morgan fingerprint density at radius 1 is 1.35 bits per heavy atom. The summed E-state index contributed by atoms with van der Waals surface area (Å²) in [5, 5.41) is 13.3. The van der Waals surface area contributed by atoms with Gasteiger partial charge in [-0.25, -0.2) is 10.5 Å². The number of rotatable bonds is 4. The van der Waals surface area contributed by atoms with Gasteiger partial charge in [0.25, 0.3) is 5.91 Å². The molecule has 4 heterocycles. The number of nitrogens with one attached hydrogen (secondary N) is 2. The van der Waals surface area contributed by atoms with Crippen LogP contribution < -0.4 is 10.8 Å². The second kappa shape index (κ2) is 6.63. The fourth-order valence-electron chi connectivity index (χ4n) is 2.49. The fraction of sp³-hybridized carbons (Fsp3) is 0.0625. The number of thiophene rings is 1. The topological polar surface area (TPSA) is 91.5 Å². The van der Waals surface area contributed by atoms with Crippen LogP contribution in [0.25, 0.3) is 16.2 Å². The number of hydrogen-bond acceptors (Lipinski definition) is 7. The molecule has 4 aromatic rings. The van der Waals surface area contributed by atoms with Crippen LogP contribution in [0, 0.1) is 13.0 Å². The quantitative estimate of drug-likeness (QED) is 0.183. The first-order chi connectivity index (χ1) is 12.2. The Balaban J connectivity index is 0.00000196. The molecule has 7 nitrogen and oxygen atoms in total. The second-order valence-electron chi connectivity index (χ2n) is 5.16. The predicted molar refractivity (Wildman–Crippen MR) is 96.7 cm³/mol. The molecule has 0 aliphatic carbocycles. The van der Waals surface area contributed by atoms with Gasteiger partial charge in [-0.2, -0.15) is 12.1 Å². The number of thiazole rings is 1. The first-order valence-corrected chi connectivity index (χ1v) is 8.91. The van der Waals surface area contributed by atoms with E-state index in [-0.39, 0.29) is 0 Å². The van der Waals surface area contributed by atoms with Crippen molar-refractivity contribution >= 4 is 44.4 Å². The summed E-state index contributed by atoms with van der Waals surface area (Å²) < 4.78 is 2.01. The van der Waals surface area contributed by atoms with Gasteiger partial charge in [0.1, 0.15) is 0 Å². The minimum atomic E-state index is -0.531. The van der Waals surface area contributed by atoms with Crippen molar-refractivity contribution in [1.29, 1.82) is 0 Å². The number of nitrogens with zero attached hydrogens (tertiary/aromatic N) is 3. The maximum absolute atomic E-state index is 11.4. The number of pyridine rings is 1. The molecule has 26 heavy (non-hydrogen) atoms. The standard InChI is InChI=1S/C16H12N5O2S2.Fm/c1-9-14(21-7-3-2-4-12(21)18-9)11-8-17-16(25-11)19-13-6-5-10(24-13)15(22)20-23;/h3-8,23H,1H3,(H,17,19)(H,20,22);/q-1;. The number of hydroxylamine groups is 1. The number of hydrogen-bond donors (Lipinski definition) is 3. The minimum Gasteiger partial charge on any atom is -0.407 e. The van der Waals surface area contributed by atoms with Crippen LogP contribution in [0.15, 0.2) is 36.7 Å². The van der Waals surface area contributed by atoms with Crippen molar-refractivity contribution < 1.29 is 10.0 Å². The van der Waals surface area contributed by atoms with Crippen molar-refractivity contribution in [2.45, 2.75) is 6.92 Å². The molecule has 138 valence electrons. The van der Waals surface area contributed by atoms with E-state index in [2.05, 4.69) is 21.4 Å². The molecule has 4 aromatic heterocycles. The van der Waals surface area contributed by atoms with E-state index in [4.69, 9.17) is 5.21 Å². The number of fused-ring (bicyclic) bond motifs is 1. The van der Waals surface area contributed by atoms with Gasteiger partial charge in [0, 0.05) is 17.5 Å². The summed E-state index contributed by atoms with van der Waals surface area (Å²) in [6.45, 7) is 1.97. The monoisotopic (exact) mass is 627 g/mol. The summed E-state index contributed by atoms with van der Waals surface area (Å²) in [5.41, 5.74) is 4.39. The molecule has 0 saturated heterocycles. The molecule has 10 heteroatoms. The molecular formula is C16H12FmN5O2S2-. The third kappa shape index (κ3) is 2.86. The van der Waals surface area contributed by atoms with Gasteiger partial charge in [-0.15, -0.1) is 17.4 Å². The van der Waals surface area contributed by atoms with Gasteiger partial charge in [-0.05, 0) is 19.1 Å². The Hall–Kier alpha value is -3.75. The number of aryl methyl sites for hydroxylation is 1. The Morgan fingerprint density at radius 3 is 3.00 bits per heavy atom. The first-order valence-electron chi connectivity index (χ1n) is 7.28. The summed E-state index contributed by atoms with van der Waals surface area (Å²) in [5.74, 6) is -0.531. The van der Waals surface area contributed by atoms with Gasteiger partial charge < -0.3 is 9.72 Å². The van der Waals surface area contributed by atoms with Crippen molar-refractivity contribution in [2.75, 3.05) is 5.32 Å². The van der Waals surface area contributed by atoms with Gasteiger partial charge in [0.15, 0.2) is 5.13 Å². The summed E-state index contributed by atoms with van der Waals surface area (Å²) in [4.78, 5) is 21.7. The largest absolute Gasteiger partial charge is 0.407 e. The van der Waals surface area contributed by atoms with Crippen molar-refractivity contribution in [3.05, 3.63) is 53.3 Å². The Labute approximate surface area is 150 Å². The molecule has 0 spiro atoms. The number of carbonyl (C=O) groups is 1. The van der Waals surface area contributed by atoms with Crippen LogP contribution in [0.4, 0.5) is 10.1 Å². The molecule has 4 rings (SSSR count). The zero-order chi connectivity index (χ0) is 17.4. The molecule has 0 unspecified atom stereocenters. The van der Waals surface area contributed by atoms with Crippen molar-refractivity contribution in [3.8, 4) is 10.6 Å². The van der Waals surface area contributed by atoms with E-state index in [0.29, 0.717) is 10.0 Å². The first kappa shape index (κ1) is 17.1. The number of amides is 1. The third-order valence-corrected chi connectivity index (χ3v) is 5.46. The summed E-state index contributed by atoms with van der Waals surface area (Å²) in [6, 6.07) is 10.1. The molecule has 0 bridgehead atoms. The number of anilines is 2. The second-order valence-corrected chi connectivity index (χ2v) is 7.27. The Morgan fingerprint density at radius 2 is 2.19 bits per heavy atom. The van der Waals surface area contributed by atoms with E-state index in [0.717, 1.165) is 26.9 Å². The van der Waals surface area contributed by atoms with Crippen LogP contribution in [0.3, 0.4) is 0 Å². The van der Waals surface area contributed by atoms with E-state index >= 15 is 0 Å². The Bertz CT molecular complexity index is 1070. The smallest absolute Gasteiger partial charge is 0.284 e. The van der Waals surface area contributed by atoms with Crippen LogP contribution in [-0.4, -0.2) is 25.5 Å². The molecule has 0 fully saturated rings. The van der Waals surface area contributed by atoms with Crippen LogP contribution in [-0.2, 0) is 0 Å². The van der Waals surface area contributed by atoms with Gasteiger partial charge in [-0.1, -0.05) is 17.5 Å². The molecule has 0 aromatic carbocycles. The molecular weight excluding hydrogens is 615 g/mol. The SMILES string of the molecule is Cc1nc2c[c-]ccn2c1-c1cnc(Nc2ccc(C(=O)NO)s2)s1.[Fm]. The third-order valence-electron chi connectivity index (χ3n) is 3.55. The van der Waals surface area contributed by atoms with Crippen molar-refractivity contribution in [3.63, 3.8) is 0 Å². The van der Waals surface area contributed by atoms with Gasteiger partial charge in [0.2, 0.25) is 0 Å². The normalized spacial score (nSPS) is 10.5. The van der Waals surface area contributed by atoms with Crippen LogP contribution >= 0.6 is 22.7 Å². The summed E-state index contributed by atoms with van der Waals surface area (Å²) >= 11 is 2.74. The van der Waals surface area contributed by atoms with E-state index in [1.807, 2.05) is 29.7 Å². The average Bonchev–Trinajstić information content (AvgIpc) is 3.32. The fourth-order valence-corrected chi connectivity index (χ4v) is 4.27. The number of carbonyl (C=O) groups excluding carboxylic acids is 1. The molecule has 0 aliphatic heterocycles. The van der Waals surface area contributed by atoms with Crippen molar-refractivity contribution in [2.24, 2.45) is 0 Å². The molecule has 0 saturated carbocycles. The van der Waals surface area contributed by atoms with Crippen LogP contribution in [0.2, 0.25) is 0 Å². The van der Waals surface area contributed by atoms with E-state index < -0.39 is 5.91 Å². The molecule has 0 aliphatic rings. The molecule has 1 amide bonds. The van der Waals surface area contributed by atoms with E-state index in [9.17, 15) is 4.79 Å². The van der Waals surface area contributed by atoms with Gasteiger partial charge in [-0.3, -0.25) is 15.0 Å². The summed E-state index contributed by atoms with van der Waals surface area (Å²) in [6.07, 6.45) is 3.73. The maximum Gasteiger partial charge on any atom is 0.284 e. The molecule has 0 atom stereocenters. The zero-order valence-corrected chi connectivity index (χ0v) is 17.3. The van der Waals surface area contributed by atoms with E-state index in [1.165, 1.54) is 22.7 Å². The van der Waals surface area contributed by atoms with Gasteiger partial charge in [0.05, 0.1) is 20.4 Å². The number of aromatic nitrogens is 3. The zero-order valence-electron chi connectivity index (χ0n) is 13.3. The summed E-state index contributed by atoms with van der Waals surface area (Å²) in [7, 11) is 0. The minimum absolute atomic E-state index is 0. The van der Waals surface area contributed by atoms with Crippen LogP contribution in [0.1, 0.15) is 15.4 Å². The average molecular weight is 627 g/mol. The molecule has 3 N–H and O–H groups in total. The van der Waals surface area contributed by atoms with Crippen molar-refractivity contribution in [1.82, 2.24) is 19.8 Å². The maximum atomic E-state index is 11.4. The predicted octanol–water partition coefficient (Wildman–Crippen LogP) is 3.49. The van der Waals surface area contributed by atoms with E-state index in [1.54, 1.807) is 23.8 Å². The number of imidazole rings is 1. The van der Waals surface area contributed by atoms with Gasteiger partial charge >= 0.3 is 0 Å². The van der Waals surface area contributed by atoms with Crippen LogP contribution in [0.5, 0.6) is 0 Å². The Kier molecular flexibility index (Phi) is 4.36.